The molecule has 0 bridgehead atoms. The van der Waals surface area contributed by atoms with Crippen LogP contribution in [0.2, 0.25) is 0 Å². The molecule has 2 aliphatic rings. The van der Waals surface area contributed by atoms with E-state index in [1.54, 1.807) is 33.8 Å². The normalized spacial score (nSPS) is 28.7. The monoisotopic (exact) mass is 464 g/mol. The average molecular weight is 465 g/mol. The van der Waals surface area contributed by atoms with Crippen LogP contribution in [0.5, 0.6) is 0 Å². The number of ether oxygens (including phenoxy) is 4. The minimum absolute atomic E-state index is 0.00508. The zero-order valence-corrected chi connectivity index (χ0v) is 19.7. The standard InChI is InChI=1S/C24H32O9/c1-12(2)21(26)32-19-16(24(29)30-6)9-7-8-15(11-25)10-17-18(14(5)23(28)31-17)20(19)33-22(27)13(3)4/h9-10,12-13,17-20,25H,5,7-8,11H2,1-4,6H3/b15-10+,16-9+/t17-,18+,19+,20-/m0/s1. The van der Waals surface area contributed by atoms with Gasteiger partial charge in [-0.2, -0.15) is 0 Å². The molecule has 0 saturated carbocycles. The fraction of sp³-hybridized carbons (Fsp3) is 0.583. The number of aliphatic hydroxyl groups excluding tert-OH is 1. The van der Waals surface area contributed by atoms with Gasteiger partial charge < -0.3 is 24.1 Å². The molecule has 2 rings (SSSR count). The molecule has 9 nitrogen and oxygen atoms in total. The van der Waals surface area contributed by atoms with Crippen LogP contribution in [0.1, 0.15) is 40.5 Å². The Bertz CT molecular complexity index is 865. The van der Waals surface area contributed by atoms with Gasteiger partial charge in [-0.05, 0) is 24.5 Å². The second-order valence-corrected chi connectivity index (χ2v) is 8.66. The zero-order valence-electron chi connectivity index (χ0n) is 19.7. The third-order valence-corrected chi connectivity index (χ3v) is 5.51. The Labute approximate surface area is 193 Å². The largest absolute Gasteiger partial charge is 0.466 e. The number of fused-ring (bicyclic) bond motifs is 1. The molecule has 4 atom stereocenters. The number of aliphatic hydroxyl groups is 1. The first-order valence-corrected chi connectivity index (χ1v) is 10.9. The summed E-state index contributed by atoms with van der Waals surface area (Å²) < 4.78 is 21.8. The van der Waals surface area contributed by atoms with Gasteiger partial charge in [0, 0.05) is 5.57 Å². The molecule has 1 heterocycles. The number of methoxy groups -OCH3 is 1. The maximum atomic E-state index is 12.7. The van der Waals surface area contributed by atoms with E-state index in [2.05, 4.69) is 6.58 Å². The molecule has 0 spiro atoms. The second kappa shape index (κ2) is 11.3. The van der Waals surface area contributed by atoms with Crippen molar-refractivity contribution in [2.24, 2.45) is 17.8 Å². The van der Waals surface area contributed by atoms with Crippen LogP contribution in [0.25, 0.3) is 0 Å². The van der Waals surface area contributed by atoms with Crippen LogP contribution in [0.4, 0.5) is 0 Å². The Balaban J connectivity index is 2.73. The van der Waals surface area contributed by atoms with Crippen LogP contribution < -0.4 is 0 Å². The summed E-state index contributed by atoms with van der Waals surface area (Å²) in [6, 6.07) is 0. The predicted octanol–water partition coefficient (Wildman–Crippen LogP) is 2.03. The first-order valence-electron chi connectivity index (χ1n) is 10.9. The van der Waals surface area contributed by atoms with E-state index in [4.69, 9.17) is 18.9 Å². The smallest absolute Gasteiger partial charge is 0.337 e. The number of carbonyl (C=O) groups excluding carboxylic acids is 4. The van der Waals surface area contributed by atoms with Gasteiger partial charge in [0.25, 0.3) is 0 Å². The third-order valence-electron chi connectivity index (χ3n) is 5.51. The number of allylic oxidation sites excluding steroid dienone is 1. The first kappa shape index (κ1) is 26.3. The summed E-state index contributed by atoms with van der Waals surface area (Å²) in [5.74, 6) is -4.77. The van der Waals surface area contributed by atoms with Gasteiger partial charge in [-0.15, -0.1) is 0 Å². The van der Waals surface area contributed by atoms with Gasteiger partial charge in [0.15, 0.2) is 12.2 Å². The van der Waals surface area contributed by atoms with Crippen molar-refractivity contribution in [3.05, 3.63) is 35.5 Å². The van der Waals surface area contributed by atoms with E-state index in [0.29, 0.717) is 18.4 Å². The average Bonchev–Trinajstić information content (AvgIpc) is 3.04. The van der Waals surface area contributed by atoms with Crippen LogP contribution in [0, 0.1) is 17.8 Å². The van der Waals surface area contributed by atoms with E-state index >= 15 is 0 Å². The van der Waals surface area contributed by atoms with E-state index in [0.717, 1.165) is 0 Å². The van der Waals surface area contributed by atoms with Gasteiger partial charge >= 0.3 is 23.9 Å². The molecule has 0 aromatic heterocycles. The Kier molecular flexibility index (Phi) is 8.99. The number of rotatable bonds is 6. The Morgan fingerprint density at radius 1 is 1.15 bits per heavy atom. The number of hydrogen-bond donors (Lipinski definition) is 1. The highest BCUT2D eigenvalue weighted by atomic mass is 16.6. The third kappa shape index (κ3) is 6.10. The van der Waals surface area contributed by atoms with Crippen LogP contribution in [-0.2, 0) is 38.1 Å². The molecule has 1 N–H and O–H groups in total. The first-order chi connectivity index (χ1) is 15.5. The molecule has 1 saturated heterocycles. The molecule has 9 heteroatoms. The van der Waals surface area contributed by atoms with Gasteiger partial charge in [-0.25, -0.2) is 9.59 Å². The van der Waals surface area contributed by atoms with Crippen molar-refractivity contribution >= 4 is 23.9 Å². The molecular weight excluding hydrogens is 432 g/mol. The predicted molar refractivity (Wildman–Crippen MR) is 116 cm³/mol. The number of esters is 4. The highest BCUT2D eigenvalue weighted by Gasteiger charge is 2.51. The molecule has 1 aliphatic heterocycles. The van der Waals surface area contributed by atoms with Crippen LogP contribution in [-0.4, -0.2) is 61.0 Å². The van der Waals surface area contributed by atoms with Crippen molar-refractivity contribution in [1.82, 2.24) is 0 Å². The minimum Gasteiger partial charge on any atom is -0.466 e. The lowest BCUT2D eigenvalue weighted by Gasteiger charge is -2.34. The maximum absolute atomic E-state index is 12.7. The summed E-state index contributed by atoms with van der Waals surface area (Å²) >= 11 is 0. The molecule has 0 radical (unpaired) electrons. The quantitative estimate of drug-likeness (QED) is 0.272. The maximum Gasteiger partial charge on any atom is 0.337 e. The summed E-state index contributed by atoms with van der Waals surface area (Å²) in [5, 5.41) is 9.76. The fourth-order valence-electron chi connectivity index (χ4n) is 3.59. The van der Waals surface area contributed by atoms with Crippen molar-refractivity contribution in [1.29, 1.82) is 0 Å². The van der Waals surface area contributed by atoms with E-state index in [1.807, 2.05) is 0 Å². The lowest BCUT2D eigenvalue weighted by Crippen LogP contribution is -2.47. The molecule has 1 fully saturated rings. The SMILES string of the molecule is C=C1C(=O)O[C@H]2/C=C(/CO)CC/C=C(/C(=O)OC)[C@@H](OC(=O)C(C)C)[C@@H](OC(=O)C(C)C)[C@H]12. The molecule has 0 unspecified atom stereocenters. The summed E-state index contributed by atoms with van der Waals surface area (Å²) in [6.45, 7) is 10.0. The van der Waals surface area contributed by atoms with Gasteiger partial charge in [0.1, 0.15) is 6.10 Å². The van der Waals surface area contributed by atoms with E-state index in [-0.39, 0.29) is 17.8 Å². The highest BCUT2D eigenvalue weighted by Crippen LogP contribution is 2.38. The Morgan fingerprint density at radius 2 is 1.76 bits per heavy atom. The van der Waals surface area contributed by atoms with Crippen molar-refractivity contribution in [3.63, 3.8) is 0 Å². The van der Waals surface area contributed by atoms with E-state index in [1.165, 1.54) is 13.2 Å². The summed E-state index contributed by atoms with van der Waals surface area (Å²) in [4.78, 5) is 50.5. The van der Waals surface area contributed by atoms with Crippen molar-refractivity contribution in [3.8, 4) is 0 Å². The van der Waals surface area contributed by atoms with Gasteiger partial charge in [-0.1, -0.05) is 40.3 Å². The van der Waals surface area contributed by atoms with E-state index in [9.17, 15) is 24.3 Å². The topological polar surface area (TPSA) is 125 Å². The van der Waals surface area contributed by atoms with Gasteiger partial charge in [0.2, 0.25) is 0 Å². The van der Waals surface area contributed by atoms with E-state index < -0.39 is 59.9 Å². The molecule has 0 amide bonds. The molecule has 1 aliphatic carbocycles. The zero-order chi connectivity index (χ0) is 24.9. The molecule has 0 aromatic carbocycles. The number of hydrogen-bond acceptors (Lipinski definition) is 9. The molecule has 0 aromatic rings. The van der Waals surface area contributed by atoms with Crippen molar-refractivity contribution < 1.29 is 43.2 Å². The molecular formula is C24H32O9. The van der Waals surface area contributed by atoms with Gasteiger partial charge in [-0.3, -0.25) is 9.59 Å². The second-order valence-electron chi connectivity index (χ2n) is 8.66. The summed E-state index contributed by atoms with van der Waals surface area (Å²) in [6.07, 6.45) is 0.174. The highest BCUT2D eigenvalue weighted by molar-refractivity contribution is 5.93. The number of carbonyl (C=O) groups is 4. The van der Waals surface area contributed by atoms with Crippen LogP contribution >= 0.6 is 0 Å². The van der Waals surface area contributed by atoms with Crippen LogP contribution in [0.15, 0.2) is 35.5 Å². The lowest BCUT2D eigenvalue weighted by molar-refractivity contribution is -0.175. The minimum atomic E-state index is -1.36. The molecule has 182 valence electrons. The summed E-state index contributed by atoms with van der Waals surface area (Å²) in [5.41, 5.74) is 0.545. The summed E-state index contributed by atoms with van der Waals surface area (Å²) in [7, 11) is 1.18. The molecule has 33 heavy (non-hydrogen) atoms. The van der Waals surface area contributed by atoms with Crippen molar-refractivity contribution in [2.75, 3.05) is 13.7 Å². The Hall–Kier alpha value is -2.94. The fourth-order valence-corrected chi connectivity index (χ4v) is 3.59. The lowest BCUT2D eigenvalue weighted by atomic mass is 9.83. The van der Waals surface area contributed by atoms with Crippen molar-refractivity contribution in [2.45, 2.75) is 58.8 Å². The van der Waals surface area contributed by atoms with Crippen LogP contribution in [0.3, 0.4) is 0 Å². The Morgan fingerprint density at radius 3 is 2.30 bits per heavy atom. The van der Waals surface area contributed by atoms with Gasteiger partial charge in [0.05, 0.1) is 37.0 Å².